The van der Waals surface area contributed by atoms with Crippen LogP contribution in [0, 0.1) is 0 Å². The molecule has 0 unspecified atom stereocenters. The number of carbonyl (C=O) groups excluding carboxylic acids is 2. The summed E-state index contributed by atoms with van der Waals surface area (Å²) < 4.78 is 33.9. The molecule has 2 amide bonds. The number of benzene rings is 2. The fourth-order valence-corrected chi connectivity index (χ4v) is 2.88. The van der Waals surface area contributed by atoms with E-state index in [2.05, 4.69) is 10.1 Å². The van der Waals surface area contributed by atoms with Gasteiger partial charge in [0.25, 0.3) is 5.91 Å². The maximum atomic E-state index is 12.1. The standard InChI is InChI=1S/C20H20F2N2O4/c21-20(22)28-15-7-5-14(6-8-15)9-11-23-18(25)10-12-24-16-3-1-2-4-17(16)27-13-19(24)26/h1-8,20H,9-13H2,(H,23,25). The fraction of sp³-hybridized carbons (Fsp3) is 0.300. The maximum Gasteiger partial charge on any atom is 0.387 e. The van der Waals surface area contributed by atoms with Crippen molar-refractivity contribution in [3.63, 3.8) is 0 Å². The van der Waals surface area contributed by atoms with Gasteiger partial charge in [-0.2, -0.15) is 8.78 Å². The summed E-state index contributed by atoms with van der Waals surface area (Å²) in [7, 11) is 0. The number of amides is 2. The topological polar surface area (TPSA) is 67.9 Å². The van der Waals surface area contributed by atoms with Crippen LogP contribution in [0.4, 0.5) is 14.5 Å². The molecule has 0 spiro atoms. The largest absolute Gasteiger partial charge is 0.482 e. The van der Waals surface area contributed by atoms with Crippen molar-refractivity contribution in [3.8, 4) is 11.5 Å². The van der Waals surface area contributed by atoms with E-state index in [1.54, 1.807) is 29.2 Å². The molecule has 2 aromatic rings. The van der Waals surface area contributed by atoms with Crippen LogP contribution < -0.4 is 19.7 Å². The lowest BCUT2D eigenvalue weighted by molar-refractivity contribution is -0.122. The van der Waals surface area contributed by atoms with E-state index in [0.717, 1.165) is 5.56 Å². The highest BCUT2D eigenvalue weighted by Gasteiger charge is 2.25. The molecular weight excluding hydrogens is 370 g/mol. The van der Waals surface area contributed by atoms with Gasteiger partial charge in [0.1, 0.15) is 11.5 Å². The lowest BCUT2D eigenvalue weighted by Gasteiger charge is -2.29. The Morgan fingerprint density at radius 3 is 2.68 bits per heavy atom. The molecule has 8 heteroatoms. The number of carbonyl (C=O) groups is 2. The quantitative estimate of drug-likeness (QED) is 0.753. The van der Waals surface area contributed by atoms with Gasteiger partial charge in [0, 0.05) is 19.5 Å². The van der Waals surface area contributed by atoms with Crippen molar-refractivity contribution in [1.82, 2.24) is 5.32 Å². The molecule has 0 radical (unpaired) electrons. The Kier molecular flexibility index (Phi) is 6.41. The van der Waals surface area contributed by atoms with E-state index in [9.17, 15) is 18.4 Å². The van der Waals surface area contributed by atoms with Gasteiger partial charge in [0.05, 0.1) is 5.69 Å². The number of nitrogens with zero attached hydrogens (tertiary/aromatic N) is 1. The Balaban J connectivity index is 1.43. The molecule has 0 aliphatic carbocycles. The minimum absolute atomic E-state index is 0.0378. The second kappa shape index (κ2) is 9.16. The Morgan fingerprint density at radius 2 is 1.93 bits per heavy atom. The monoisotopic (exact) mass is 390 g/mol. The number of rotatable bonds is 8. The summed E-state index contributed by atoms with van der Waals surface area (Å²) in [6.45, 7) is -2.22. The zero-order valence-corrected chi connectivity index (χ0v) is 15.1. The van der Waals surface area contributed by atoms with Crippen LogP contribution in [0.3, 0.4) is 0 Å². The van der Waals surface area contributed by atoms with Crippen molar-refractivity contribution in [2.24, 2.45) is 0 Å². The third-order valence-electron chi connectivity index (χ3n) is 4.26. The highest BCUT2D eigenvalue weighted by molar-refractivity contribution is 5.98. The van der Waals surface area contributed by atoms with Crippen molar-refractivity contribution in [1.29, 1.82) is 0 Å². The van der Waals surface area contributed by atoms with Crippen LogP contribution in [0.25, 0.3) is 0 Å². The van der Waals surface area contributed by atoms with Crippen LogP contribution in [-0.4, -0.2) is 38.1 Å². The van der Waals surface area contributed by atoms with E-state index < -0.39 is 6.61 Å². The molecule has 28 heavy (non-hydrogen) atoms. The highest BCUT2D eigenvalue weighted by atomic mass is 19.3. The number of fused-ring (bicyclic) bond motifs is 1. The average molecular weight is 390 g/mol. The van der Waals surface area contributed by atoms with Crippen LogP contribution in [-0.2, 0) is 16.0 Å². The molecule has 2 aromatic carbocycles. The smallest absolute Gasteiger partial charge is 0.387 e. The van der Waals surface area contributed by atoms with Gasteiger partial charge < -0.3 is 19.7 Å². The molecule has 3 rings (SSSR count). The van der Waals surface area contributed by atoms with E-state index in [1.165, 1.54) is 12.1 Å². The molecule has 0 saturated heterocycles. The number of nitrogens with one attached hydrogen (secondary N) is 1. The molecule has 0 saturated carbocycles. The number of anilines is 1. The Hall–Kier alpha value is -3.16. The zero-order chi connectivity index (χ0) is 19.9. The van der Waals surface area contributed by atoms with Gasteiger partial charge in [0.15, 0.2) is 6.61 Å². The molecule has 1 heterocycles. The van der Waals surface area contributed by atoms with E-state index in [-0.39, 0.29) is 37.1 Å². The van der Waals surface area contributed by atoms with E-state index in [1.807, 2.05) is 12.1 Å². The average Bonchev–Trinajstić information content (AvgIpc) is 2.68. The SMILES string of the molecule is O=C(CCN1C(=O)COc2ccccc21)NCCc1ccc(OC(F)F)cc1. The van der Waals surface area contributed by atoms with Gasteiger partial charge in [-0.15, -0.1) is 0 Å². The van der Waals surface area contributed by atoms with Crippen LogP contribution >= 0.6 is 0 Å². The van der Waals surface area contributed by atoms with Gasteiger partial charge in [-0.1, -0.05) is 24.3 Å². The zero-order valence-electron chi connectivity index (χ0n) is 15.1. The van der Waals surface area contributed by atoms with Crippen LogP contribution in [0.2, 0.25) is 0 Å². The number of alkyl halides is 2. The number of halogens is 2. The van der Waals surface area contributed by atoms with Crippen molar-refractivity contribution in [3.05, 3.63) is 54.1 Å². The Morgan fingerprint density at radius 1 is 1.18 bits per heavy atom. The van der Waals surface area contributed by atoms with Crippen LogP contribution in [0.1, 0.15) is 12.0 Å². The second-order valence-electron chi connectivity index (χ2n) is 6.17. The number of para-hydroxylation sites is 2. The minimum atomic E-state index is -2.85. The van der Waals surface area contributed by atoms with Gasteiger partial charge in [-0.05, 0) is 36.2 Å². The molecule has 0 bridgehead atoms. The second-order valence-corrected chi connectivity index (χ2v) is 6.17. The molecule has 6 nitrogen and oxygen atoms in total. The molecular formula is C20H20F2N2O4. The molecule has 1 aliphatic heterocycles. The predicted octanol–water partition coefficient (Wildman–Crippen LogP) is 2.76. The normalized spacial score (nSPS) is 13.1. The number of ether oxygens (including phenoxy) is 2. The highest BCUT2D eigenvalue weighted by Crippen LogP contribution is 2.31. The number of hydrogen-bond acceptors (Lipinski definition) is 4. The predicted molar refractivity (Wildman–Crippen MR) is 98.7 cm³/mol. The van der Waals surface area contributed by atoms with Crippen molar-refractivity contribution in [2.75, 3.05) is 24.6 Å². The Bertz CT molecular complexity index is 827. The van der Waals surface area contributed by atoms with Gasteiger partial charge >= 0.3 is 6.61 Å². The van der Waals surface area contributed by atoms with Gasteiger partial charge in [-0.25, -0.2) is 0 Å². The van der Waals surface area contributed by atoms with E-state index in [0.29, 0.717) is 24.4 Å². The lowest BCUT2D eigenvalue weighted by Crippen LogP contribution is -2.41. The first-order valence-corrected chi connectivity index (χ1v) is 8.85. The summed E-state index contributed by atoms with van der Waals surface area (Å²) >= 11 is 0. The number of hydrogen-bond donors (Lipinski definition) is 1. The van der Waals surface area contributed by atoms with Crippen molar-refractivity contribution in [2.45, 2.75) is 19.5 Å². The third-order valence-corrected chi connectivity index (χ3v) is 4.26. The van der Waals surface area contributed by atoms with Gasteiger partial charge in [0.2, 0.25) is 5.91 Å². The fourth-order valence-electron chi connectivity index (χ4n) is 2.88. The summed E-state index contributed by atoms with van der Waals surface area (Å²) in [5.41, 5.74) is 1.55. The lowest BCUT2D eigenvalue weighted by atomic mass is 10.1. The molecule has 1 N–H and O–H groups in total. The maximum absolute atomic E-state index is 12.1. The van der Waals surface area contributed by atoms with Crippen LogP contribution in [0.15, 0.2) is 48.5 Å². The summed E-state index contributed by atoms with van der Waals surface area (Å²) in [5.74, 6) is 0.368. The summed E-state index contributed by atoms with van der Waals surface area (Å²) in [4.78, 5) is 25.7. The molecule has 1 aliphatic rings. The first-order valence-electron chi connectivity index (χ1n) is 8.85. The minimum Gasteiger partial charge on any atom is -0.482 e. The Labute approximate surface area is 161 Å². The summed E-state index contributed by atoms with van der Waals surface area (Å²) in [5, 5.41) is 2.80. The van der Waals surface area contributed by atoms with Crippen LogP contribution in [0.5, 0.6) is 11.5 Å². The van der Waals surface area contributed by atoms with Crippen molar-refractivity contribution < 1.29 is 27.8 Å². The first kappa shape index (κ1) is 19.6. The molecule has 0 fully saturated rings. The third kappa shape index (κ3) is 5.18. The first-order chi connectivity index (χ1) is 13.5. The van der Waals surface area contributed by atoms with E-state index >= 15 is 0 Å². The molecule has 0 aromatic heterocycles. The molecule has 148 valence electrons. The molecule has 0 atom stereocenters. The summed E-state index contributed by atoms with van der Waals surface area (Å²) in [6, 6.07) is 13.5. The summed E-state index contributed by atoms with van der Waals surface area (Å²) in [6.07, 6.45) is 0.723. The van der Waals surface area contributed by atoms with Crippen molar-refractivity contribution >= 4 is 17.5 Å². The van der Waals surface area contributed by atoms with E-state index in [4.69, 9.17) is 4.74 Å². The van der Waals surface area contributed by atoms with Gasteiger partial charge in [-0.3, -0.25) is 9.59 Å².